The van der Waals surface area contributed by atoms with E-state index in [-0.39, 0.29) is 5.91 Å². The summed E-state index contributed by atoms with van der Waals surface area (Å²) in [5.41, 5.74) is 1.40. The third-order valence-electron chi connectivity index (χ3n) is 2.62. The van der Waals surface area contributed by atoms with Gasteiger partial charge in [0.25, 0.3) is 5.91 Å². The number of amides is 1. The number of methoxy groups -OCH3 is 1. The number of halogens is 1. The van der Waals surface area contributed by atoms with Gasteiger partial charge in [-0.3, -0.25) is 4.79 Å². The molecule has 0 unspecified atom stereocenters. The van der Waals surface area contributed by atoms with Crippen LogP contribution in [0.3, 0.4) is 0 Å². The van der Waals surface area contributed by atoms with Crippen LogP contribution in [0.4, 0.5) is 0 Å². The van der Waals surface area contributed by atoms with Gasteiger partial charge in [-0.25, -0.2) is 4.98 Å². The first-order chi connectivity index (χ1) is 9.20. The molecule has 0 radical (unpaired) electrons. The summed E-state index contributed by atoms with van der Waals surface area (Å²) in [5.74, 6) is 0.547. The number of carbonyl (C=O) groups is 1. The molecule has 0 aliphatic heterocycles. The van der Waals surface area contributed by atoms with E-state index in [0.717, 1.165) is 11.3 Å². The van der Waals surface area contributed by atoms with E-state index in [0.29, 0.717) is 17.3 Å². The summed E-state index contributed by atoms with van der Waals surface area (Å²) in [5, 5.41) is 3.11. The minimum Gasteiger partial charge on any atom is -0.496 e. The summed E-state index contributed by atoms with van der Waals surface area (Å²) in [6.07, 6.45) is 1.50. The molecule has 0 spiro atoms. The van der Waals surface area contributed by atoms with Crippen molar-refractivity contribution in [2.75, 3.05) is 7.11 Å². The van der Waals surface area contributed by atoms with Gasteiger partial charge in [-0.15, -0.1) is 0 Å². The Kier molecular flexibility index (Phi) is 4.36. The van der Waals surface area contributed by atoms with Gasteiger partial charge < -0.3 is 10.1 Å². The van der Waals surface area contributed by atoms with Gasteiger partial charge >= 0.3 is 0 Å². The van der Waals surface area contributed by atoms with Crippen LogP contribution in [0.1, 0.15) is 15.9 Å². The number of nitrogens with one attached hydrogen (secondary N) is 1. The van der Waals surface area contributed by atoms with E-state index in [2.05, 4.69) is 10.3 Å². The Morgan fingerprint density at radius 2 is 2.16 bits per heavy atom. The summed E-state index contributed by atoms with van der Waals surface area (Å²) in [6, 6.07) is 10.7. The predicted molar refractivity (Wildman–Crippen MR) is 73.4 cm³/mol. The van der Waals surface area contributed by atoms with Gasteiger partial charge in [0, 0.05) is 23.9 Å². The normalized spacial score (nSPS) is 10.0. The second kappa shape index (κ2) is 6.20. The highest BCUT2D eigenvalue weighted by atomic mass is 35.5. The van der Waals surface area contributed by atoms with Crippen molar-refractivity contribution in [1.82, 2.24) is 10.3 Å². The fourth-order valence-electron chi connectivity index (χ4n) is 1.67. The molecule has 19 heavy (non-hydrogen) atoms. The number of ether oxygens (including phenoxy) is 1. The van der Waals surface area contributed by atoms with Crippen molar-refractivity contribution in [2.45, 2.75) is 6.54 Å². The van der Waals surface area contributed by atoms with Crippen LogP contribution in [-0.4, -0.2) is 18.0 Å². The van der Waals surface area contributed by atoms with Gasteiger partial charge in [0.05, 0.1) is 7.11 Å². The number of benzene rings is 1. The molecule has 4 nitrogen and oxygen atoms in total. The molecule has 0 atom stereocenters. The van der Waals surface area contributed by atoms with Crippen LogP contribution in [-0.2, 0) is 6.54 Å². The highest BCUT2D eigenvalue weighted by Gasteiger charge is 2.07. The van der Waals surface area contributed by atoms with Crippen molar-refractivity contribution in [3.05, 3.63) is 58.9 Å². The van der Waals surface area contributed by atoms with Crippen LogP contribution in [0.25, 0.3) is 0 Å². The Labute approximate surface area is 116 Å². The number of hydrogen-bond acceptors (Lipinski definition) is 3. The molecular weight excluding hydrogens is 264 g/mol. The van der Waals surface area contributed by atoms with Crippen LogP contribution in [0, 0.1) is 0 Å². The molecule has 1 aromatic heterocycles. The maximum atomic E-state index is 11.9. The second-order valence-corrected chi connectivity index (χ2v) is 4.25. The third kappa shape index (κ3) is 3.45. The minimum absolute atomic E-state index is 0.199. The van der Waals surface area contributed by atoms with Crippen LogP contribution in [0.5, 0.6) is 5.75 Å². The monoisotopic (exact) mass is 276 g/mol. The molecule has 1 aromatic carbocycles. The summed E-state index contributed by atoms with van der Waals surface area (Å²) in [6.45, 7) is 0.392. The topological polar surface area (TPSA) is 51.2 Å². The highest BCUT2D eigenvalue weighted by Crippen LogP contribution is 2.17. The zero-order valence-corrected chi connectivity index (χ0v) is 11.1. The van der Waals surface area contributed by atoms with Gasteiger partial charge in [0.1, 0.15) is 10.9 Å². The number of rotatable bonds is 4. The average molecular weight is 277 g/mol. The molecule has 0 saturated heterocycles. The minimum atomic E-state index is -0.199. The zero-order chi connectivity index (χ0) is 13.7. The molecule has 1 amide bonds. The molecule has 1 heterocycles. The Hall–Kier alpha value is -2.07. The number of aromatic nitrogens is 1. The van der Waals surface area contributed by atoms with Gasteiger partial charge in [-0.05, 0) is 18.2 Å². The maximum absolute atomic E-state index is 11.9. The first kappa shape index (κ1) is 13.4. The largest absolute Gasteiger partial charge is 0.496 e. The highest BCUT2D eigenvalue weighted by molar-refractivity contribution is 6.29. The van der Waals surface area contributed by atoms with E-state index in [1.165, 1.54) is 12.3 Å². The summed E-state index contributed by atoms with van der Waals surface area (Å²) in [4.78, 5) is 15.8. The van der Waals surface area contributed by atoms with E-state index < -0.39 is 0 Å². The molecule has 98 valence electrons. The van der Waals surface area contributed by atoms with E-state index in [1.807, 2.05) is 24.3 Å². The second-order valence-electron chi connectivity index (χ2n) is 3.86. The molecule has 0 saturated carbocycles. The van der Waals surface area contributed by atoms with E-state index in [4.69, 9.17) is 16.3 Å². The SMILES string of the molecule is COc1ccccc1CNC(=O)c1ccnc(Cl)c1. The van der Waals surface area contributed by atoms with Crippen LogP contribution in [0.2, 0.25) is 5.15 Å². The zero-order valence-electron chi connectivity index (χ0n) is 10.4. The average Bonchev–Trinajstić information content (AvgIpc) is 2.45. The fourth-order valence-corrected chi connectivity index (χ4v) is 1.84. The molecule has 1 N–H and O–H groups in total. The smallest absolute Gasteiger partial charge is 0.251 e. The molecule has 2 rings (SSSR count). The van der Waals surface area contributed by atoms with E-state index in [9.17, 15) is 4.79 Å². The van der Waals surface area contributed by atoms with Crippen LogP contribution < -0.4 is 10.1 Å². The Bertz CT molecular complexity index is 587. The van der Waals surface area contributed by atoms with Crippen molar-refractivity contribution in [3.8, 4) is 5.75 Å². The van der Waals surface area contributed by atoms with Crippen molar-refractivity contribution in [2.24, 2.45) is 0 Å². The Morgan fingerprint density at radius 1 is 1.37 bits per heavy atom. The number of hydrogen-bond donors (Lipinski definition) is 1. The number of pyridine rings is 1. The van der Waals surface area contributed by atoms with Crippen molar-refractivity contribution in [1.29, 1.82) is 0 Å². The standard InChI is InChI=1S/C14H13ClN2O2/c1-19-12-5-3-2-4-11(12)9-17-14(18)10-6-7-16-13(15)8-10/h2-8H,9H2,1H3,(H,17,18). The first-order valence-electron chi connectivity index (χ1n) is 5.72. The molecule has 0 aliphatic carbocycles. The first-order valence-corrected chi connectivity index (χ1v) is 6.10. The summed E-state index contributed by atoms with van der Waals surface area (Å²) in [7, 11) is 1.60. The molecule has 0 aliphatic rings. The van der Waals surface area contributed by atoms with Crippen LogP contribution in [0.15, 0.2) is 42.6 Å². The molecular formula is C14H13ClN2O2. The summed E-state index contributed by atoms with van der Waals surface area (Å²) < 4.78 is 5.22. The lowest BCUT2D eigenvalue weighted by molar-refractivity contribution is 0.0950. The van der Waals surface area contributed by atoms with E-state index >= 15 is 0 Å². The number of para-hydroxylation sites is 1. The van der Waals surface area contributed by atoms with E-state index in [1.54, 1.807) is 13.2 Å². The van der Waals surface area contributed by atoms with Gasteiger partial charge in [0.2, 0.25) is 0 Å². The lowest BCUT2D eigenvalue weighted by atomic mass is 10.2. The molecule has 5 heteroatoms. The third-order valence-corrected chi connectivity index (χ3v) is 2.83. The van der Waals surface area contributed by atoms with Crippen LogP contribution >= 0.6 is 11.6 Å². The van der Waals surface area contributed by atoms with Crippen molar-refractivity contribution >= 4 is 17.5 Å². The Morgan fingerprint density at radius 3 is 2.89 bits per heavy atom. The molecule has 0 bridgehead atoms. The number of carbonyl (C=O) groups excluding carboxylic acids is 1. The Balaban J connectivity index is 2.04. The maximum Gasteiger partial charge on any atom is 0.251 e. The van der Waals surface area contributed by atoms with Gasteiger partial charge in [-0.2, -0.15) is 0 Å². The number of nitrogens with zero attached hydrogens (tertiary/aromatic N) is 1. The lowest BCUT2D eigenvalue weighted by Gasteiger charge is -2.09. The van der Waals surface area contributed by atoms with Crippen molar-refractivity contribution < 1.29 is 9.53 Å². The predicted octanol–water partition coefficient (Wildman–Crippen LogP) is 2.67. The molecule has 0 fully saturated rings. The van der Waals surface area contributed by atoms with Gasteiger partial charge in [0.15, 0.2) is 0 Å². The molecule has 2 aromatic rings. The van der Waals surface area contributed by atoms with Crippen molar-refractivity contribution in [3.63, 3.8) is 0 Å². The quantitative estimate of drug-likeness (QED) is 0.874. The lowest BCUT2D eigenvalue weighted by Crippen LogP contribution is -2.23. The fraction of sp³-hybridized carbons (Fsp3) is 0.143. The van der Waals surface area contributed by atoms with Gasteiger partial charge in [-0.1, -0.05) is 29.8 Å². The summed E-state index contributed by atoms with van der Waals surface area (Å²) >= 11 is 5.74.